The summed E-state index contributed by atoms with van der Waals surface area (Å²) in [5.74, 6) is -0.341. The largest absolute Gasteiger partial charge is 0.389 e. The highest BCUT2D eigenvalue weighted by atomic mass is 32.1. The van der Waals surface area contributed by atoms with Crippen molar-refractivity contribution in [3.8, 4) is 0 Å². The molecule has 0 unspecified atom stereocenters. The molecule has 0 aliphatic carbocycles. The van der Waals surface area contributed by atoms with Gasteiger partial charge in [0.1, 0.15) is 10.8 Å². The molecule has 0 spiro atoms. The minimum absolute atomic E-state index is 0.194. The van der Waals surface area contributed by atoms with E-state index in [2.05, 4.69) is 0 Å². The van der Waals surface area contributed by atoms with Crippen LogP contribution < -0.4 is 5.73 Å². The highest BCUT2D eigenvalue weighted by Gasteiger charge is 2.05. The second-order valence-electron chi connectivity index (χ2n) is 3.74. The van der Waals surface area contributed by atoms with E-state index in [-0.39, 0.29) is 17.4 Å². The number of halogens is 1. The first kappa shape index (κ1) is 13.1. The van der Waals surface area contributed by atoms with Crippen molar-refractivity contribution in [2.75, 3.05) is 0 Å². The molecule has 2 rings (SSSR count). The third-order valence-electron chi connectivity index (χ3n) is 2.42. The van der Waals surface area contributed by atoms with Crippen LogP contribution in [0.2, 0.25) is 0 Å². The second-order valence-corrected chi connectivity index (χ2v) is 5.21. The van der Waals surface area contributed by atoms with Gasteiger partial charge in [-0.25, -0.2) is 4.39 Å². The van der Waals surface area contributed by atoms with Gasteiger partial charge >= 0.3 is 0 Å². The lowest BCUT2D eigenvalue weighted by Crippen LogP contribution is -2.10. The van der Waals surface area contributed by atoms with Crippen LogP contribution in [0.15, 0.2) is 35.7 Å². The van der Waals surface area contributed by atoms with E-state index in [9.17, 15) is 4.39 Å². The third-order valence-corrected chi connectivity index (χ3v) is 3.51. The predicted octanol–water partition coefficient (Wildman–Crippen LogP) is 3.24. The van der Waals surface area contributed by atoms with E-state index in [1.165, 1.54) is 6.07 Å². The minimum atomic E-state index is -0.341. The van der Waals surface area contributed by atoms with Crippen molar-refractivity contribution in [3.05, 3.63) is 57.5 Å². The van der Waals surface area contributed by atoms with Crippen molar-refractivity contribution in [3.63, 3.8) is 0 Å². The molecule has 1 heterocycles. The smallest absolute Gasteiger partial charge is 0.129 e. The van der Waals surface area contributed by atoms with Crippen LogP contribution in [0.4, 0.5) is 4.39 Å². The van der Waals surface area contributed by atoms with Gasteiger partial charge in [0.25, 0.3) is 0 Å². The fraction of sp³-hybridized carbons (Fsp3) is 0.154. The first-order chi connectivity index (χ1) is 8.66. The Hall–Kier alpha value is -1.30. The molecule has 0 bridgehead atoms. The Labute approximate surface area is 114 Å². The third kappa shape index (κ3) is 3.35. The van der Waals surface area contributed by atoms with E-state index in [1.807, 2.05) is 17.5 Å². The molecule has 1 aromatic heterocycles. The summed E-state index contributed by atoms with van der Waals surface area (Å²) < 4.78 is 19.1. The van der Waals surface area contributed by atoms with Gasteiger partial charge in [-0.2, -0.15) is 0 Å². The van der Waals surface area contributed by atoms with Gasteiger partial charge in [-0.05, 0) is 17.5 Å². The van der Waals surface area contributed by atoms with E-state index in [1.54, 1.807) is 23.5 Å². The maximum absolute atomic E-state index is 13.7. The number of rotatable bonds is 5. The Balaban J connectivity index is 1.95. The van der Waals surface area contributed by atoms with Crippen LogP contribution in [0.5, 0.6) is 0 Å². The van der Waals surface area contributed by atoms with E-state index >= 15 is 0 Å². The number of hydrogen-bond acceptors (Lipinski definition) is 3. The first-order valence-corrected chi connectivity index (χ1v) is 6.64. The molecule has 2 N–H and O–H groups in total. The molecule has 94 valence electrons. The summed E-state index contributed by atoms with van der Waals surface area (Å²) in [4.78, 5) is 1.31. The Morgan fingerprint density at radius 1 is 1.33 bits per heavy atom. The first-order valence-electron chi connectivity index (χ1n) is 5.35. The maximum Gasteiger partial charge on any atom is 0.129 e. The fourth-order valence-corrected chi connectivity index (χ4v) is 2.24. The van der Waals surface area contributed by atoms with Crippen molar-refractivity contribution < 1.29 is 9.13 Å². The summed E-state index contributed by atoms with van der Waals surface area (Å²) in [7, 11) is 0. The van der Waals surface area contributed by atoms with Crippen LogP contribution >= 0.6 is 23.6 Å². The van der Waals surface area contributed by atoms with Crippen molar-refractivity contribution >= 4 is 28.5 Å². The molecule has 0 atom stereocenters. The fourth-order valence-electron chi connectivity index (χ4n) is 1.47. The summed E-state index contributed by atoms with van der Waals surface area (Å²) >= 11 is 6.40. The summed E-state index contributed by atoms with van der Waals surface area (Å²) in [5.41, 5.74) is 6.47. The van der Waals surface area contributed by atoms with Gasteiger partial charge in [-0.15, -0.1) is 11.3 Å². The number of thiocarbonyl (C=S) groups is 1. The van der Waals surface area contributed by atoms with E-state index in [0.29, 0.717) is 17.7 Å². The summed E-state index contributed by atoms with van der Waals surface area (Å²) in [6, 6.07) is 8.64. The van der Waals surface area contributed by atoms with Gasteiger partial charge in [-0.3, -0.25) is 0 Å². The van der Waals surface area contributed by atoms with E-state index in [0.717, 1.165) is 4.88 Å². The number of ether oxygens (including phenoxy) is 1. The average molecular weight is 281 g/mol. The van der Waals surface area contributed by atoms with Crippen LogP contribution in [-0.4, -0.2) is 4.99 Å². The van der Waals surface area contributed by atoms with Crippen molar-refractivity contribution in [1.82, 2.24) is 0 Å². The molecule has 0 saturated heterocycles. The molecule has 18 heavy (non-hydrogen) atoms. The van der Waals surface area contributed by atoms with Gasteiger partial charge in [0.15, 0.2) is 0 Å². The predicted molar refractivity (Wildman–Crippen MR) is 75.1 cm³/mol. The van der Waals surface area contributed by atoms with Gasteiger partial charge in [0.05, 0.1) is 13.2 Å². The van der Waals surface area contributed by atoms with Crippen molar-refractivity contribution in [2.45, 2.75) is 13.2 Å². The molecule has 0 saturated carbocycles. The van der Waals surface area contributed by atoms with Crippen LogP contribution in [0.3, 0.4) is 0 Å². The monoisotopic (exact) mass is 281 g/mol. The molecule has 0 radical (unpaired) electrons. The van der Waals surface area contributed by atoms with Gasteiger partial charge in [0.2, 0.25) is 0 Å². The SMILES string of the molecule is NC(=S)c1ccc(COCc2cccs2)c(F)c1. The maximum atomic E-state index is 13.7. The van der Waals surface area contributed by atoms with Crippen molar-refractivity contribution in [1.29, 1.82) is 0 Å². The highest BCUT2D eigenvalue weighted by Crippen LogP contribution is 2.14. The quantitative estimate of drug-likeness (QED) is 0.855. The number of hydrogen-bond donors (Lipinski definition) is 1. The topological polar surface area (TPSA) is 35.2 Å². The van der Waals surface area contributed by atoms with Crippen LogP contribution in [0.1, 0.15) is 16.0 Å². The lowest BCUT2D eigenvalue weighted by molar-refractivity contribution is 0.107. The second kappa shape index (κ2) is 6.04. The highest BCUT2D eigenvalue weighted by molar-refractivity contribution is 7.80. The number of thiophene rings is 1. The van der Waals surface area contributed by atoms with Crippen LogP contribution in [0.25, 0.3) is 0 Å². The number of nitrogens with two attached hydrogens (primary N) is 1. The molecular weight excluding hydrogens is 269 g/mol. The Kier molecular flexibility index (Phi) is 4.41. The minimum Gasteiger partial charge on any atom is -0.389 e. The molecule has 0 aliphatic heterocycles. The zero-order chi connectivity index (χ0) is 13.0. The Morgan fingerprint density at radius 3 is 2.78 bits per heavy atom. The zero-order valence-corrected chi connectivity index (χ0v) is 11.2. The summed E-state index contributed by atoms with van der Waals surface area (Å²) in [5, 5.41) is 1.98. The van der Waals surface area contributed by atoms with Crippen LogP contribution in [-0.2, 0) is 18.0 Å². The van der Waals surface area contributed by atoms with Gasteiger partial charge in [0, 0.05) is 16.0 Å². The average Bonchev–Trinajstić information content (AvgIpc) is 2.84. The molecule has 0 fully saturated rings. The summed E-state index contributed by atoms with van der Waals surface area (Å²) in [6.45, 7) is 0.732. The van der Waals surface area contributed by atoms with Crippen LogP contribution in [0, 0.1) is 5.82 Å². The lowest BCUT2D eigenvalue weighted by Gasteiger charge is -2.06. The van der Waals surface area contributed by atoms with Gasteiger partial charge in [-0.1, -0.05) is 30.4 Å². The normalized spacial score (nSPS) is 10.5. The molecular formula is C13H12FNOS2. The molecule has 0 aliphatic rings. The standard InChI is InChI=1S/C13H12FNOS2/c14-12-6-9(13(15)17)3-4-10(12)7-16-8-11-2-1-5-18-11/h1-6H,7-8H2,(H2,15,17). The zero-order valence-electron chi connectivity index (χ0n) is 9.56. The van der Waals surface area contributed by atoms with E-state index in [4.69, 9.17) is 22.7 Å². The van der Waals surface area contributed by atoms with Crippen molar-refractivity contribution in [2.24, 2.45) is 5.73 Å². The van der Waals surface area contributed by atoms with Gasteiger partial charge < -0.3 is 10.5 Å². The molecule has 5 heteroatoms. The summed E-state index contributed by atoms with van der Waals surface area (Å²) in [6.07, 6.45) is 0. The molecule has 2 aromatic rings. The van der Waals surface area contributed by atoms with E-state index < -0.39 is 0 Å². The lowest BCUT2D eigenvalue weighted by atomic mass is 10.1. The molecule has 0 amide bonds. The molecule has 2 nitrogen and oxygen atoms in total. The number of benzene rings is 1. The molecule has 1 aromatic carbocycles. The Morgan fingerprint density at radius 2 is 2.17 bits per heavy atom. The Bertz CT molecular complexity index is 540.